The Morgan fingerprint density at radius 3 is 2.61 bits per heavy atom. The lowest BCUT2D eigenvalue weighted by atomic mass is 10.2. The second kappa shape index (κ2) is 11.0. The van der Waals surface area contributed by atoms with Crippen molar-refractivity contribution in [3.8, 4) is 6.07 Å². The number of anilines is 2. The first kappa shape index (κ1) is 24.3. The number of aryl methyl sites for hydroxylation is 2. The summed E-state index contributed by atoms with van der Waals surface area (Å²) in [6.45, 7) is 3.72. The molecule has 0 saturated heterocycles. The zero-order chi connectivity index (χ0) is 23.8. The molecule has 0 fully saturated rings. The number of pyridine rings is 1. The van der Waals surface area contributed by atoms with Crippen LogP contribution in [0.4, 0.5) is 11.5 Å². The summed E-state index contributed by atoms with van der Waals surface area (Å²) < 4.78 is 32.0. The van der Waals surface area contributed by atoms with Gasteiger partial charge in [-0.05, 0) is 49.7 Å². The molecule has 172 valence electrons. The Balaban J connectivity index is 1.54. The van der Waals surface area contributed by atoms with Gasteiger partial charge in [0.25, 0.3) is 10.0 Å². The zero-order valence-corrected chi connectivity index (χ0v) is 19.8. The fraction of sp³-hybridized carbons (Fsp3) is 0.273. The van der Waals surface area contributed by atoms with Gasteiger partial charge in [-0.25, -0.2) is 13.4 Å². The number of amides is 1. The third kappa shape index (κ3) is 6.81. The van der Waals surface area contributed by atoms with Crippen molar-refractivity contribution < 1.29 is 17.7 Å². The van der Waals surface area contributed by atoms with Gasteiger partial charge in [-0.3, -0.25) is 9.52 Å². The number of rotatable bonds is 10. The molecule has 2 aromatic heterocycles. The van der Waals surface area contributed by atoms with Crippen LogP contribution in [0.25, 0.3) is 0 Å². The second-order valence-corrected chi connectivity index (χ2v) is 9.88. The summed E-state index contributed by atoms with van der Waals surface area (Å²) in [6, 6.07) is 13.0. The van der Waals surface area contributed by atoms with Crippen LogP contribution >= 0.6 is 11.8 Å². The van der Waals surface area contributed by atoms with Crippen LogP contribution in [0.15, 0.2) is 56.9 Å². The highest BCUT2D eigenvalue weighted by atomic mass is 32.2. The average molecular weight is 486 g/mol. The van der Waals surface area contributed by atoms with Gasteiger partial charge in [-0.2, -0.15) is 5.26 Å². The number of hydrogen-bond donors (Lipinski definition) is 2. The predicted octanol–water partition coefficient (Wildman–Crippen LogP) is 4.12. The number of carbonyl (C=O) groups is 1. The molecule has 0 bridgehead atoms. The lowest BCUT2D eigenvalue weighted by Gasteiger charge is -2.08. The van der Waals surface area contributed by atoms with Crippen molar-refractivity contribution in [2.45, 2.75) is 43.0 Å². The van der Waals surface area contributed by atoms with Gasteiger partial charge in [-0.15, -0.1) is 11.8 Å². The largest absolute Gasteiger partial charge is 0.360 e. The van der Waals surface area contributed by atoms with Gasteiger partial charge in [0.1, 0.15) is 16.9 Å². The summed E-state index contributed by atoms with van der Waals surface area (Å²) in [5.41, 5.74) is 1.89. The van der Waals surface area contributed by atoms with E-state index in [0.29, 0.717) is 27.8 Å². The first-order valence-electron chi connectivity index (χ1n) is 10.2. The molecular formula is C22H23N5O4S2. The molecule has 1 amide bonds. The molecule has 2 heterocycles. The maximum Gasteiger partial charge on any atom is 0.263 e. The van der Waals surface area contributed by atoms with Crippen LogP contribution in [-0.2, 0) is 21.2 Å². The topological polar surface area (TPSA) is 138 Å². The van der Waals surface area contributed by atoms with Gasteiger partial charge < -0.3 is 9.84 Å². The van der Waals surface area contributed by atoms with E-state index in [2.05, 4.69) is 33.2 Å². The van der Waals surface area contributed by atoms with Crippen molar-refractivity contribution in [2.24, 2.45) is 0 Å². The second-order valence-electron chi connectivity index (χ2n) is 7.12. The zero-order valence-electron chi connectivity index (χ0n) is 18.2. The summed E-state index contributed by atoms with van der Waals surface area (Å²) in [4.78, 5) is 16.8. The molecule has 1 aromatic carbocycles. The molecule has 33 heavy (non-hydrogen) atoms. The van der Waals surface area contributed by atoms with Crippen LogP contribution in [0.2, 0.25) is 0 Å². The van der Waals surface area contributed by atoms with E-state index in [4.69, 9.17) is 4.52 Å². The van der Waals surface area contributed by atoms with Gasteiger partial charge in [0, 0.05) is 29.6 Å². The number of thioether (sulfide) groups is 1. The van der Waals surface area contributed by atoms with E-state index in [1.54, 1.807) is 13.0 Å². The number of aromatic nitrogens is 2. The first-order valence-corrected chi connectivity index (χ1v) is 12.7. The SMILES string of the molecule is CCCc1ccc(C#N)c(SCCC(=O)Nc2ccc(S(=O)(=O)Nc3cc(C)on3)cc2)n1. The normalized spacial score (nSPS) is 11.1. The van der Waals surface area contributed by atoms with Crippen LogP contribution in [-0.4, -0.2) is 30.2 Å². The Labute approximate surface area is 196 Å². The van der Waals surface area contributed by atoms with Crippen LogP contribution in [0.5, 0.6) is 0 Å². The molecular weight excluding hydrogens is 462 g/mol. The summed E-state index contributed by atoms with van der Waals surface area (Å²) in [7, 11) is -3.83. The van der Waals surface area contributed by atoms with E-state index in [1.165, 1.54) is 42.1 Å². The van der Waals surface area contributed by atoms with E-state index in [0.717, 1.165) is 18.5 Å². The lowest BCUT2D eigenvalue weighted by Crippen LogP contribution is -2.14. The monoisotopic (exact) mass is 485 g/mol. The van der Waals surface area contributed by atoms with Crippen LogP contribution < -0.4 is 10.0 Å². The molecule has 0 aliphatic carbocycles. The molecule has 3 rings (SSSR count). The van der Waals surface area contributed by atoms with E-state index < -0.39 is 10.0 Å². The summed E-state index contributed by atoms with van der Waals surface area (Å²) in [5, 5.41) is 16.2. The van der Waals surface area contributed by atoms with Crippen molar-refractivity contribution >= 4 is 39.2 Å². The lowest BCUT2D eigenvalue weighted by molar-refractivity contribution is -0.115. The molecule has 2 N–H and O–H groups in total. The van der Waals surface area contributed by atoms with Gasteiger partial charge in [0.2, 0.25) is 5.91 Å². The third-order valence-electron chi connectivity index (χ3n) is 4.43. The molecule has 0 atom stereocenters. The van der Waals surface area contributed by atoms with E-state index >= 15 is 0 Å². The molecule has 0 aliphatic rings. The smallest absolute Gasteiger partial charge is 0.263 e. The summed E-state index contributed by atoms with van der Waals surface area (Å²) in [6.07, 6.45) is 2.00. The predicted molar refractivity (Wildman–Crippen MR) is 125 cm³/mol. The average Bonchev–Trinajstić information content (AvgIpc) is 3.18. The number of carbonyl (C=O) groups excluding carboxylic acids is 1. The third-order valence-corrected chi connectivity index (χ3v) is 6.79. The Kier molecular flexibility index (Phi) is 8.08. The highest BCUT2D eigenvalue weighted by Gasteiger charge is 2.16. The Bertz CT molecular complexity index is 1260. The highest BCUT2D eigenvalue weighted by molar-refractivity contribution is 7.99. The molecule has 3 aromatic rings. The quantitative estimate of drug-likeness (QED) is 0.409. The Morgan fingerprint density at radius 1 is 1.21 bits per heavy atom. The fourth-order valence-corrected chi connectivity index (χ4v) is 4.78. The van der Waals surface area contributed by atoms with Crippen molar-refractivity contribution in [1.82, 2.24) is 10.1 Å². The van der Waals surface area contributed by atoms with Crippen LogP contribution in [0.3, 0.4) is 0 Å². The molecule has 0 aliphatic heterocycles. The van der Waals surface area contributed by atoms with Gasteiger partial charge in [0.05, 0.1) is 10.5 Å². The number of hydrogen-bond acceptors (Lipinski definition) is 8. The van der Waals surface area contributed by atoms with Gasteiger partial charge >= 0.3 is 0 Å². The number of nitrogens with one attached hydrogen (secondary N) is 2. The summed E-state index contributed by atoms with van der Waals surface area (Å²) in [5.74, 6) is 0.808. The maximum atomic E-state index is 12.4. The van der Waals surface area contributed by atoms with E-state index in [-0.39, 0.29) is 23.0 Å². The van der Waals surface area contributed by atoms with Gasteiger partial charge in [-0.1, -0.05) is 18.5 Å². The number of nitriles is 1. The Hall–Kier alpha value is -3.36. The Morgan fingerprint density at radius 2 is 1.97 bits per heavy atom. The standard InChI is InChI=1S/C22H23N5O4S2/c1-3-4-17-6-5-16(14-23)22(25-17)32-12-11-21(28)24-18-7-9-19(10-8-18)33(29,30)27-20-13-15(2)31-26-20/h5-10,13H,3-4,11-12H2,1-2H3,(H,24,28)(H,26,27). The maximum absolute atomic E-state index is 12.4. The van der Waals surface area contributed by atoms with Crippen molar-refractivity contribution in [1.29, 1.82) is 5.26 Å². The minimum absolute atomic E-state index is 0.0266. The van der Waals surface area contributed by atoms with Crippen molar-refractivity contribution in [3.63, 3.8) is 0 Å². The fourth-order valence-electron chi connectivity index (χ4n) is 2.86. The minimum atomic E-state index is -3.83. The van der Waals surface area contributed by atoms with E-state index in [9.17, 15) is 18.5 Å². The van der Waals surface area contributed by atoms with Crippen molar-refractivity contribution in [2.75, 3.05) is 15.8 Å². The molecule has 11 heteroatoms. The molecule has 0 radical (unpaired) electrons. The van der Waals surface area contributed by atoms with Crippen LogP contribution in [0, 0.1) is 18.3 Å². The van der Waals surface area contributed by atoms with Crippen molar-refractivity contribution in [3.05, 3.63) is 59.5 Å². The van der Waals surface area contributed by atoms with Gasteiger partial charge in [0.15, 0.2) is 5.82 Å². The number of sulfonamides is 1. The number of benzene rings is 1. The minimum Gasteiger partial charge on any atom is -0.360 e. The molecule has 0 saturated carbocycles. The molecule has 9 nitrogen and oxygen atoms in total. The highest BCUT2D eigenvalue weighted by Crippen LogP contribution is 2.22. The van der Waals surface area contributed by atoms with E-state index in [1.807, 2.05) is 6.07 Å². The van der Waals surface area contributed by atoms with Crippen LogP contribution in [0.1, 0.15) is 36.8 Å². The molecule has 0 unspecified atom stereocenters. The summed E-state index contributed by atoms with van der Waals surface area (Å²) >= 11 is 1.36. The molecule has 0 spiro atoms. The number of nitrogens with zero attached hydrogens (tertiary/aromatic N) is 3. The first-order chi connectivity index (χ1) is 15.8.